The number of nitrogens with one attached hydrogen (secondary N) is 1. The summed E-state index contributed by atoms with van der Waals surface area (Å²) >= 11 is 7.61. The number of amides is 1. The number of carbonyl (C=O) groups is 1. The molecule has 3 aromatic heterocycles. The number of nitrogens with zero attached hydrogens (tertiary/aromatic N) is 5. The lowest BCUT2D eigenvalue weighted by Crippen LogP contribution is -2.47. The van der Waals surface area contributed by atoms with Crippen molar-refractivity contribution in [2.45, 2.75) is 13.8 Å². The topological polar surface area (TPSA) is 74.2 Å². The number of benzene rings is 1. The highest BCUT2D eigenvalue weighted by Crippen LogP contribution is 2.36. The molecule has 1 aliphatic heterocycles. The number of anilines is 3. The molecular weight excluding hydrogens is 456 g/mol. The molecule has 1 N–H and O–H groups in total. The Balaban J connectivity index is 1.40. The van der Waals surface area contributed by atoms with Gasteiger partial charge in [0.25, 0.3) is 5.91 Å². The molecule has 1 amide bonds. The summed E-state index contributed by atoms with van der Waals surface area (Å²) in [7, 11) is 0. The summed E-state index contributed by atoms with van der Waals surface area (Å²) in [4.78, 5) is 32.7. The summed E-state index contributed by atoms with van der Waals surface area (Å²) in [6, 6.07) is 11.5. The van der Waals surface area contributed by atoms with E-state index in [9.17, 15) is 4.79 Å². The highest BCUT2D eigenvalue weighted by Gasteiger charge is 2.25. The smallest absolute Gasteiger partial charge is 0.266 e. The van der Waals surface area contributed by atoms with E-state index in [0.29, 0.717) is 15.6 Å². The van der Waals surface area contributed by atoms with E-state index >= 15 is 0 Å². The molecule has 168 valence electrons. The Morgan fingerprint density at radius 3 is 2.52 bits per heavy atom. The van der Waals surface area contributed by atoms with E-state index in [0.717, 1.165) is 59.2 Å². The van der Waals surface area contributed by atoms with Gasteiger partial charge in [-0.05, 0) is 49.2 Å². The molecular formula is C24H23ClN6OS. The van der Waals surface area contributed by atoms with Gasteiger partial charge in [-0.3, -0.25) is 4.79 Å². The maximum atomic E-state index is 13.1. The maximum Gasteiger partial charge on any atom is 0.266 e. The molecule has 7 nitrogen and oxygen atoms in total. The highest BCUT2D eigenvalue weighted by molar-refractivity contribution is 7.20. The van der Waals surface area contributed by atoms with Gasteiger partial charge in [-0.25, -0.2) is 15.0 Å². The number of halogens is 1. The average molecular weight is 479 g/mol. The second kappa shape index (κ2) is 8.96. The molecule has 33 heavy (non-hydrogen) atoms. The summed E-state index contributed by atoms with van der Waals surface area (Å²) in [6.45, 7) is 7.21. The lowest BCUT2D eigenvalue weighted by molar-refractivity contribution is 0.103. The largest absolute Gasteiger partial charge is 0.353 e. The minimum Gasteiger partial charge on any atom is -0.353 e. The molecule has 1 aromatic carbocycles. The van der Waals surface area contributed by atoms with Crippen molar-refractivity contribution in [2.75, 3.05) is 41.3 Å². The predicted molar refractivity (Wildman–Crippen MR) is 135 cm³/mol. The van der Waals surface area contributed by atoms with Crippen molar-refractivity contribution >= 4 is 56.4 Å². The van der Waals surface area contributed by atoms with Crippen molar-refractivity contribution in [3.05, 3.63) is 69.9 Å². The zero-order chi connectivity index (χ0) is 22.9. The van der Waals surface area contributed by atoms with Crippen molar-refractivity contribution < 1.29 is 4.79 Å². The van der Waals surface area contributed by atoms with Gasteiger partial charge < -0.3 is 15.1 Å². The first-order chi connectivity index (χ1) is 16.0. The van der Waals surface area contributed by atoms with Gasteiger partial charge in [0.15, 0.2) is 0 Å². The lowest BCUT2D eigenvalue weighted by atomic mass is 10.1. The van der Waals surface area contributed by atoms with Gasteiger partial charge in [0.05, 0.1) is 10.3 Å². The van der Waals surface area contributed by atoms with E-state index < -0.39 is 0 Å². The van der Waals surface area contributed by atoms with Gasteiger partial charge in [0.1, 0.15) is 22.8 Å². The molecule has 4 heterocycles. The molecule has 1 saturated heterocycles. The number of aryl methyl sites for hydroxylation is 1. The van der Waals surface area contributed by atoms with E-state index in [-0.39, 0.29) is 5.91 Å². The van der Waals surface area contributed by atoms with Crippen molar-refractivity contribution in [1.82, 2.24) is 15.0 Å². The van der Waals surface area contributed by atoms with Crippen LogP contribution in [0.1, 0.15) is 20.8 Å². The Kier molecular flexibility index (Phi) is 5.86. The average Bonchev–Trinajstić information content (AvgIpc) is 3.19. The van der Waals surface area contributed by atoms with Crippen molar-refractivity contribution in [2.24, 2.45) is 0 Å². The first-order valence-electron chi connectivity index (χ1n) is 10.7. The van der Waals surface area contributed by atoms with Crippen LogP contribution in [0.15, 0.2) is 48.9 Å². The van der Waals surface area contributed by atoms with Crippen LogP contribution in [0.25, 0.3) is 10.2 Å². The fraction of sp³-hybridized carbons (Fsp3) is 0.250. The Morgan fingerprint density at radius 2 is 1.76 bits per heavy atom. The van der Waals surface area contributed by atoms with Crippen LogP contribution in [0.5, 0.6) is 0 Å². The summed E-state index contributed by atoms with van der Waals surface area (Å²) < 4.78 is 0. The van der Waals surface area contributed by atoms with Gasteiger partial charge in [-0.15, -0.1) is 11.3 Å². The van der Waals surface area contributed by atoms with Crippen LogP contribution < -0.4 is 15.1 Å². The zero-order valence-corrected chi connectivity index (χ0v) is 20.0. The highest BCUT2D eigenvalue weighted by atomic mass is 35.5. The molecule has 0 radical (unpaired) electrons. The molecule has 1 fully saturated rings. The Bertz CT molecular complexity index is 1320. The van der Waals surface area contributed by atoms with Crippen LogP contribution >= 0.6 is 22.9 Å². The van der Waals surface area contributed by atoms with Gasteiger partial charge in [-0.1, -0.05) is 23.7 Å². The van der Waals surface area contributed by atoms with Crippen LogP contribution in [0, 0.1) is 13.8 Å². The summed E-state index contributed by atoms with van der Waals surface area (Å²) in [5.74, 6) is 1.71. The van der Waals surface area contributed by atoms with Gasteiger partial charge in [-0.2, -0.15) is 0 Å². The third-order valence-electron chi connectivity index (χ3n) is 5.98. The first-order valence-corrected chi connectivity index (χ1v) is 11.9. The quantitative estimate of drug-likeness (QED) is 0.448. The van der Waals surface area contributed by atoms with Gasteiger partial charge >= 0.3 is 0 Å². The van der Waals surface area contributed by atoms with Crippen LogP contribution in [0.4, 0.5) is 17.3 Å². The van der Waals surface area contributed by atoms with E-state index in [1.807, 2.05) is 56.4 Å². The summed E-state index contributed by atoms with van der Waals surface area (Å²) in [6.07, 6.45) is 3.41. The number of piperazine rings is 1. The number of rotatable bonds is 4. The minimum absolute atomic E-state index is 0.160. The van der Waals surface area contributed by atoms with E-state index in [2.05, 4.69) is 30.1 Å². The Labute approximate surface area is 201 Å². The van der Waals surface area contributed by atoms with Crippen molar-refractivity contribution in [3.8, 4) is 0 Å². The number of hydrogen-bond acceptors (Lipinski definition) is 7. The maximum absolute atomic E-state index is 13.1. The summed E-state index contributed by atoms with van der Waals surface area (Å²) in [5.41, 5.74) is 2.45. The van der Waals surface area contributed by atoms with E-state index in [1.165, 1.54) is 11.3 Å². The van der Waals surface area contributed by atoms with Crippen molar-refractivity contribution in [1.29, 1.82) is 0 Å². The SMILES string of the molecule is Cc1c(Cl)cccc1NC(=O)c1sc2ncnc(N3CCN(c4ccccn4)CC3)c2c1C. The monoisotopic (exact) mass is 478 g/mol. The van der Waals surface area contributed by atoms with Gasteiger partial charge in [0, 0.05) is 43.1 Å². The third-order valence-corrected chi connectivity index (χ3v) is 7.59. The Hall–Kier alpha value is -3.23. The molecule has 0 aliphatic carbocycles. The van der Waals surface area contributed by atoms with Gasteiger partial charge in [0.2, 0.25) is 0 Å². The fourth-order valence-electron chi connectivity index (χ4n) is 4.12. The molecule has 0 spiro atoms. The molecule has 0 unspecified atom stereocenters. The second-order valence-corrected chi connectivity index (χ2v) is 9.37. The second-order valence-electron chi connectivity index (χ2n) is 7.96. The van der Waals surface area contributed by atoms with Crippen LogP contribution in [0.2, 0.25) is 5.02 Å². The van der Waals surface area contributed by atoms with Crippen molar-refractivity contribution in [3.63, 3.8) is 0 Å². The van der Waals surface area contributed by atoms with Crippen LogP contribution in [-0.2, 0) is 0 Å². The summed E-state index contributed by atoms with van der Waals surface area (Å²) in [5, 5.41) is 4.57. The van der Waals surface area contributed by atoms with E-state index in [4.69, 9.17) is 11.6 Å². The molecule has 0 bridgehead atoms. The molecule has 4 aromatic rings. The lowest BCUT2D eigenvalue weighted by Gasteiger charge is -2.36. The number of fused-ring (bicyclic) bond motifs is 1. The number of carbonyl (C=O) groups excluding carboxylic acids is 1. The van der Waals surface area contributed by atoms with Crippen LogP contribution in [-0.4, -0.2) is 47.0 Å². The standard InChI is InChI=1S/C24H23ClN6OS/c1-15-17(25)6-5-7-18(15)29-23(32)21-16(2)20-22(27-14-28-24(20)33-21)31-12-10-30(11-13-31)19-8-3-4-9-26-19/h3-9,14H,10-13H2,1-2H3,(H,29,32). The zero-order valence-electron chi connectivity index (χ0n) is 18.4. The Morgan fingerprint density at radius 1 is 0.970 bits per heavy atom. The molecule has 5 rings (SSSR count). The molecule has 0 saturated carbocycles. The molecule has 1 aliphatic rings. The fourth-order valence-corrected chi connectivity index (χ4v) is 5.33. The first kappa shape index (κ1) is 21.6. The predicted octanol–water partition coefficient (Wildman–Crippen LogP) is 4.94. The number of hydrogen-bond donors (Lipinski definition) is 1. The van der Waals surface area contributed by atoms with E-state index in [1.54, 1.807) is 6.33 Å². The van der Waals surface area contributed by atoms with Crippen LogP contribution in [0.3, 0.4) is 0 Å². The number of thiophene rings is 1. The molecule has 9 heteroatoms. The number of aromatic nitrogens is 3. The third kappa shape index (κ3) is 4.12. The normalized spacial score (nSPS) is 14.0. The minimum atomic E-state index is -0.160. The molecule has 0 atom stereocenters. The number of pyridine rings is 1.